The summed E-state index contributed by atoms with van der Waals surface area (Å²) in [5, 5.41) is 0. The molecule has 0 aliphatic rings. The van der Waals surface area contributed by atoms with Crippen molar-refractivity contribution in [1.82, 2.24) is 0 Å². The Labute approximate surface area is 143 Å². The number of primary amides is 1. The molecule has 0 heterocycles. The van der Waals surface area contributed by atoms with Crippen LogP contribution in [0.5, 0.6) is 5.75 Å². The molecule has 0 aliphatic carbocycles. The van der Waals surface area contributed by atoms with Crippen LogP contribution in [0, 0.1) is 5.82 Å². The lowest BCUT2D eigenvalue weighted by Crippen LogP contribution is -2.24. The molecule has 7 heteroatoms. The predicted molar refractivity (Wildman–Crippen MR) is 86.7 cm³/mol. The van der Waals surface area contributed by atoms with Crippen molar-refractivity contribution in [3.63, 3.8) is 0 Å². The van der Waals surface area contributed by atoms with Crippen LogP contribution in [0.15, 0.2) is 48.5 Å². The zero-order valence-electron chi connectivity index (χ0n) is 13.4. The number of nitrogens with two attached hydrogens (primary N) is 1. The Balaban J connectivity index is 1.97. The van der Waals surface area contributed by atoms with E-state index in [0.717, 1.165) is 12.1 Å². The highest BCUT2D eigenvalue weighted by Crippen LogP contribution is 2.15. The van der Waals surface area contributed by atoms with Crippen LogP contribution in [0.4, 0.5) is 4.39 Å². The van der Waals surface area contributed by atoms with Crippen LogP contribution in [0.25, 0.3) is 0 Å². The van der Waals surface area contributed by atoms with Crippen molar-refractivity contribution in [2.24, 2.45) is 5.73 Å². The molecule has 0 fully saturated rings. The number of rotatable bonds is 7. The number of ether oxygens (including phenoxy) is 2. The molecule has 25 heavy (non-hydrogen) atoms. The highest BCUT2D eigenvalue weighted by Gasteiger charge is 2.20. The second-order valence-electron chi connectivity index (χ2n) is 5.20. The molecule has 2 N–H and O–H groups in total. The SMILES string of the molecule is C[C@H](OC(=O)c1ccc(OCC(N)=O)cc1)C(=O)c1ccc(F)cc1. The van der Waals surface area contributed by atoms with E-state index in [9.17, 15) is 18.8 Å². The second-order valence-corrected chi connectivity index (χ2v) is 5.20. The molecule has 0 radical (unpaired) electrons. The topological polar surface area (TPSA) is 95.7 Å². The lowest BCUT2D eigenvalue weighted by Gasteiger charge is -2.12. The van der Waals surface area contributed by atoms with Gasteiger partial charge in [-0.2, -0.15) is 0 Å². The number of hydrogen-bond donors (Lipinski definition) is 1. The van der Waals surface area contributed by atoms with Gasteiger partial charge in [-0.1, -0.05) is 0 Å². The molecule has 6 nitrogen and oxygen atoms in total. The van der Waals surface area contributed by atoms with Gasteiger partial charge in [0.2, 0.25) is 5.78 Å². The number of amides is 1. The van der Waals surface area contributed by atoms with Gasteiger partial charge in [-0.3, -0.25) is 9.59 Å². The van der Waals surface area contributed by atoms with Gasteiger partial charge in [0.15, 0.2) is 12.7 Å². The van der Waals surface area contributed by atoms with Crippen LogP contribution in [0.2, 0.25) is 0 Å². The van der Waals surface area contributed by atoms with Crippen molar-refractivity contribution in [2.75, 3.05) is 6.61 Å². The van der Waals surface area contributed by atoms with Gasteiger partial charge in [-0.25, -0.2) is 9.18 Å². The number of hydrogen-bond acceptors (Lipinski definition) is 5. The van der Waals surface area contributed by atoms with Crippen LogP contribution in [0.1, 0.15) is 27.6 Å². The molecule has 0 spiro atoms. The molecule has 1 atom stereocenters. The fourth-order valence-corrected chi connectivity index (χ4v) is 1.97. The maximum atomic E-state index is 12.9. The van der Waals surface area contributed by atoms with E-state index in [4.69, 9.17) is 15.2 Å². The molecule has 130 valence electrons. The van der Waals surface area contributed by atoms with Gasteiger partial charge in [0.1, 0.15) is 11.6 Å². The minimum absolute atomic E-state index is 0.213. The fraction of sp³-hybridized carbons (Fsp3) is 0.167. The van der Waals surface area contributed by atoms with Gasteiger partial charge in [0.05, 0.1) is 5.56 Å². The molecule has 0 saturated heterocycles. The summed E-state index contributed by atoms with van der Waals surface area (Å²) in [7, 11) is 0. The summed E-state index contributed by atoms with van der Waals surface area (Å²) < 4.78 is 23.1. The molecule has 0 unspecified atom stereocenters. The largest absolute Gasteiger partial charge is 0.484 e. The van der Waals surface area contributed by atoms with Crippen molar-refractivity contribution >= 4 is 17.7 Å². The van der Waals surface area contributed by atoms with Crippen LogP contribution >= 0.6 is 0 Å². The first kappa shape index (κ1) is 18.1. The van der Waals surface area contributed by atoms with E-state index in [1.807, 2.05) is 0 Å². The van der Waals surface area contributed by atoms with E-state index in [1.165, 1.54) is 43.3 Å². The Bertz CT molecular complexity index is 771. The number of carbonyl (C=O) groups is 3. The molecule has 2 rings (SSSR count). The minimum atomic E-state index is -1.02. The van der Waals surface area contributed by atoms with E-state index in [2.05, 4.69) is 0 Å². The first-order chi connectivity index (χ1) is 11.9. The molecule has 2 aromatic rings. The summed E-state index contributed by atoms with van der Waals surface area (Å²) in [6, 6.07) is 10.8. The van der Waals surface area contributed by atoms with Crippen LogP contribution in [-0.2, 0) is 9.53 Å². The second kappa shape index (κ2) is 8.05. The summed E-state index contributed by atoms with van der Waals surface area (Å²) in [5.74, 6) is -1.83. The fourth-order valence-electron chi connectivity index (χ4n) is 1.97. The highest BCUT2D eigenvalue weighted by molar-refractivity contribution is 6.01. The third-order valence-electron chi connectivity index (χ3n) is 3.25. The van der Waals surface area contributed by atoms with Gasteiger partial charge < -0.3 is 15.2 Å². The molecule has 0 bridgehead atoms. The Hall–Kier alpha value is -3.22. The highest BCUT2D eigenvalue weighted by atomic mass is 19.1. The third kappa shape index (κ3) is 5.13. The van der Waals surface area contributed by atoms with E-state index < -0.39 is 29.6 Å². The summed E-state index contributed by atoms with van der Waals surface area (Å²) in [4.78, 5) is 34.9. The number of halogens is 1. The van der Waals surface area contributed by atoms with E-state index >= 15 is 0 Å². The molecule has 2 aromatic carbocycles. The van der Waals surface area contributed by atoms with Gasteiger partial charge in [-0.05, 0) is 55.5 Å². The van der Waals surface area contributed by atoms with Crippen LogP contribution in [-0.4, -0.2) is 30.4 Å². The van der Waals surface area contributed by atoms with E-state index in [0.29, 0.717) is 5.75 Å². The average Bonchev–Trinajstić information content (AvgIpc) is 2.60. The monoisotopic (exact) mass is 345 g/mol. The van der Waals surface area contributed by atoms with Gasteiger partial charge in [0, 0.05) is 5.56 Å². The van der Waals surface area contributed by atoms with Gasteiger partial charge in [0.25, 0.3) is 5.91 Å². The molecule has 0 aromatic heterocycles. The van der Waals surface area contributed by atoms with Crippen LogP contribution < -0.4 is 10.5 Å². The number of benzene rings is 2. The quantitative estimate of drug-likeness (QED) is 0.612. The summed E-state index contributed by atoms with van der Waals surface area (Å²) in [6.07, 6.45) is -1.02. The zero-order chi connectivity index (χ0) is 18.4. The third-order valence-corrected chi connectivity index (χ3v) is 3.25. The van der Waals surface area contributed by atoms with E-state index in [-0.39, 0.29) is 17.7 Å². The molecular formula is C18H16FNO5. The maximum absolute atomic E-state index is 12.9. The van der Waals surface area contributed by atoms with Gasteiger partial charge in [-0.15, -0.1) is 0 Å². The van der Waals surface area contributed by atoms with Crippen molar-refractivity contribution in [2.45, 2.75) is 13.0 Å². The molecule has 0 saturated carbocycles. The minimum Gasteiger partial charge on any atom is -0.484 e. The van der Waals surface area contributed by atoms with Gasteiger partial charge >= 0.3 is 5.97 Å². The Kier molecular flexibility index (Phi) is 5.84. The average molecular weight is 345 g/mol. The standard InChI is InChI=1S/C18H16FNO5/c1-11(17(22)12-2-6-14(19)7-3-12)25-18(23)13-4-8-15(9-5-13)24-10-16(20)21/h2-9,11H,10H2,1H3,(H2,20,21)/t11-/m0/s1. The summed E-state index contributed by atoms with van der Waals surface area (Å²) in [6.45, 7) is 1.17. The number of esters is 1. The lowest BCUT2D eigenvalue weighted by molar-refractivity contribution is -0.119. The molecule has 0 aliphatic heterocycles. The van der Waals surface area contributed by atoms with Crippen LogP contribution in [0.3, 0.4) is 0 Å². The summed E-state index contributed by atoms with van der Waals surface area (Å²) >= 11 is 0. The first-order valence-electron chi connectivity index (χ1n) is 7.38. The predicted octanol–water partition coefficient (Wildman–Crippen LogP) is 2.12. The smallest absolute Gasteiger partial charge is 0.338 e. The normalized spacial score (nSPS) is 11.4. The zero-order valence-corrected chi connectivity index (χ0v) is 13.4. The summed E-state index contributed by atoms with van der Waals surface area (Å²) in [5.41, 5.74) is 5.43. The number of ketones is 1. The maximum Gasteiger partial charge on any atom is 0.338 e. The molecule has 1 amide bonds. The van der Waals surface area contributed by atoms with Crippen molar-refractivity contribution in [1.29, 1.82) is 0 Å². The lowest BCUT2D eigenvalue weighted by atomic mass is 10.1. The van der Waals surface area contributed by atoms with Crippen molar-refractivity contribution in [3.8, 4) is 5.75 Å². The number of Topliss-reactive ketones (excluding diaryl/α,β-unsaturated/α-hetero) is 1. The molecular weight excluding hydrogens is 329 g/mol. The Morgan fingerprint density at radius 1 is 1.00 bits per heavy atom. The number of carbonyl (C=O) groups excluding carboxylic acids is 3. The first-order valence-corrected chi connectivity index (χ1v) is 7.38. The van der Waals surface area contributed by atoms with Crippen molar-refractivity contribution in [3.05, 3.63) is 65.5 Å². The van der Waals surface area contributed by atoms with E-state index in [1.54, 1.807) is 0 Å². The van der Waals surface area contributed by atoms with Crippen molar-refractivity contribution < 1.29 is 28.2 Å². The Morgan fingerprint density at radius 3 is 2.12 bits per heavy atom. The Morgan fingerprint density at radius 2 is 1.56 bits per heavy atom.